The molecule has 0 bridgehead atoms. The quantitative estimate of drug-likeness (QED) is 0.156. The molecule has 13 rings (SSSR count). The minimum atomic E-state index is 0.641. The van der Waals surface area contributed by atoms with Crippen LogP contribution in [0.25, 0.3) is 121 Å². The highest BCUT2D eigenvalue weighted by Crippen LogP contribution is 2.47. The lowest BCUT2D eigenvalue weighted by Crippen LogP contribution is -1.94. The highest BCUT2D eigenvalue weighted by Gasteiger charge is 2.21. The summed E-state index contributed by atoms with van der Waals surface area (Å²) in [7, 11) is 0. The molecule has 0 spiro atoms. The summed E-state index contributed by atoms with van der Waals surface area (Å²) in [5.41, 5.74) is 16.9. The number of rotatable bonds is 6. The topological polar surface area (TPSA) is 57.4 Å². The second-order valence-electron chi connectivity index (χ2n) is 17.5. The molecule has 0 radical (unpaired) electrons. The minimum Gasteiger partial charge on any atom is -0.309 e. The number of hydrogen-bond acceptors (Lipinski definition) is 2. The van der Waals surface area contributed by atoms with Crippen molar-refractivity contribution >= 4 is 65.2 Å². The molecule has 0 aliphatic carbocycles. The number of fused-ring (bicyclic) bond motifs is 8. The van der Waals surface area contributed by atoms with Gasteiger partial charge in [-0.3, -0.25) is 0 Å². The summed E-state index contributed by atoms with van der Waals surface area (Å²) in [5.74, 6) is 0. The molecule has 4 nitrogen and oxygen atoms in total. The van der Waals surface area contributed by atoms with Gasteiger partial charge in [-0.1, -0.05) is 133 Å². The van der Waals surface area contributed by atoms with Crippen LogP contribution in [0.5, 0.6) is 0 Å². The number of hydrogen-bond donors (Lipinski definition) is 0. The van der Waals surface area contributed by atoms with E-state index in [0.717, 1.165) is 88.4 Å². The van der Waals surface area contributed by atoms with E-state index in [-0.39, 0.29) is 0 Å². The molecule has 314 valence electrons. The number of aromatic nitrogens is 2. The lowest BCUT2D eigenvalue weighted by molar-refractivity contribution is 1.18. The highest BCUT2D eigenvalue weighted by molar-refractivity contribution is 6.23. The molecule has 0 amide bonds. The van der Waals surface area contributed by atoms with Crippen molar-refractivity contribution < 1.29 is 0 Å². The Labute approximate surface area is 392 Å². The summed E-state index contributed by atoms with van der Waals surface area (Å²) in [6.45, 7) is 0. The molecule has 0 unspecified atom stereocenters. The zero-order valence-corrected chi connectivity index (χ0v) is 36.7. The maximum Gasteiger partial charge on any atom is 0.0991 e. The largest absolute Gasteiger partial charge is 0.309 e. The maximum absolute atomic E-state index is 9.96. The van der Waals surface area contributed by atoms with Crippen molar-refractivity contribution in [2.24, 2.45) is 0 Å². The zero-order valence-electron chi connectivity index (χ0n) is 36.7. The summed E-state index contributed by atoms with van der Waals surface area (Å²) >= 11 is 0. The van der Waals surface area contributed by atoms with Crippen LogP contribution in [0.1, 0.15) is 11.1 Å². The standard InChI is InChI=1S/C64H38N4/c65-39-41-21-29-59-53(33-41)55-35-47(25-31-61(55)67(59)49-17-9-3-10-18-49)45-24-28-52-57(37-45)63(43-13-5-1-6-14-43)51-27-23-46(38-58(51)64(52)44-15-7-2-8-16-44)48-26-32-62-56(36-48)54-34-42(40-66)22-30-60(54)68(62)50-19-11-4-12-20-50/h1-38H. The van der Waals surface area contributed by atoms with Gasteiger partial charge < -0.3 is 9.13 Å². The molecule has 0 aliphatic rings. The maximum atomic E-state index is 9.96. The monoisotopic (exact) mass is 862 g/mol. The Kier molecular flexibility index (Phi) is 8.93. The lowest BCUT2D eigenvalue weighted by atomic mass is 9.84. The highest BCUT2D eigenvalue weighted by atomic mass is 15.0. The average Bonchev–Trinajstić information content (AvgIpc) is 3.92. The van der Waals surface area contributed by atoms with E-state index < -0.39 is 0 Å². The fraction of sp³-hybridized carbons (Fsp3) is 0. The second-order valence-corrected chi connectivity index (χ2v) is 17.5. The Morgan fingerprint density at radius 2 is 0.559 bits per heavy atom. The predicted octanol–water partition coefficient (Wildman–Crippen LogP) is 16.6. The van der Waals surface area contributed by atoms with E-state index in [9.17, 15) is 10.5 Å². The smallest absolute Gasteiger partial charge is 0.0991 e. The van der Waals surface area contributed by atoms with Gasteiger partial charge in [0, 0.05) is 32.9 Å². The SMILES string of the molecule is N#Cc1ccc2c(c1)c1cc(-c3ccc4c(-c5ccccc5)c5cc(-c6ccc7c(c6)c6cc(C#N)ccc6n7-c6ccccc6)ccc5c(-c5ccccc5)c4c3)ccc1n2-c1ccccc1. The zero-order chi connectivity index (χ0) is 45.3. The molecule has 0 N–H and O–H groups in total. The summed E-state index contributed by atoms with van der Waals surface area (Å²) in [4.78, 5) is 0. The molecule has 0 saturated heterocycles. The van der Waals surface area contributed by atoms with Crippen molar-refractivity contribution in [3.8, 4) is 68.0 Å². The van der Waals surface area contributed by atoms with Crippen LogP contribution in [0, 0.1) is 22.7 Å². The molecule has 68 heavy (non-hydrogen) atoms. The van der Waals surface area contributed by atoms with Gasteiger partial charge in [0.25, 0.3) is 0 Å². The summed E-state index contributed by atoms with van der Waals surface area (Å²) < 4.78 is 4.59. The third kappa shape index (κ3) is 6.13. The number of para-hydroxylation sites is 2. The third-order valence-corrected chi connectivity index (χ3v) is 13.7. The van der Waals surface area contributed by atoms with Gasteiger partial charge in [0.2, 0.25) is 0 Å². The van der Waals surface area contributed by atoms with Crippen LogP contribution in [0.15, 0.2) is 231 Å². The Hall–Kier alpha value is -9.48. The van der Waals surface area contributed by atoms with Crippen LogP contribution >= 0.6 is 0 Å². The molecule has 2 heterocycles. The molecule has 2 aromatic heterocycles. The first-order chi connectivity index (χ1) is 33.6. The average molecular weight is 863 g/mol. The van der Waals surface area contributed by atoms with Crippen molar-refractivity contribution in [3.05, 3.63) is 242 Å². The van der Waals surface area contributed by atoms with Crippen LogP contribution in [0.2, 0.25) is 0 Å². The van der Waals surface area contributed by atoms with Crippen LogP contribution in [0.4, 0.5) is 0 Å². The van der Waals surface area contributed by atoms with Crippen molar-refractivity contribution in [3.63, 3.8) is 0 Å². The van der Waals surface area contributed by atoms with E-state index in [1.165, 1.54) is 32.7 Å². The van der Waals surface area contributed by atoms with Crippen molar-refractivity contribution in [1.29, 1.82) is 10.5 Å². The molecular formula is C64H38N4. The van der Waals surface area contributed by atoms with Gasteiger partial charge in [-0.15, -0.1) is 0 Å². The van der Waals surface area contributed by atoms with Gasteiger partial charge in [-0.25, -0.2) is 0 Å². The van der Waals surface area contributed by atoms with Gasteiger partial charge in [-0.2, -0.15) is 10.5 Å². The Balaban J connectivity index is 1.05. The third-order valence-electron chi connectivity index (χ3n) is 13.7. The van der Waals surface area contributed by atoms with Crippen LogP contribution in [-0.4, -0.2) is 9.13 Å². The summed E-state index contributed by atoms with van der Waals surface area (Å²) in [6, 6.07) is 86.6. The van der Waals surface area contributed by atoms with Gasteiger partial charge in [0.15, 0.2) is 0 Å². The van der Waals surface area contributed by atoms with Crippen molar-refractivity contribution in [2.45, 2.75) is 0 Å². The Bertz CT molecular complexity index is 3970. The lowest BCUT2D eigenvalue weighted by Gasteiger charge is -2.20. The van der Waals surface area contributed by atoms with Crippen LogP contribution < -0.4 is 0 Å². The molecular weight excluding hydrogens is 825 g/mol. The van der Waals surface area contributed by atoms with Crippen LogP contribution in [0.3, 0.4) is 0 Å². The first-order valence-corrected chi connectivity index (χ1v) is 22.9. The van der Waals surface area contributed by atoms with Crippen molar-refractivity contribution in [2.75, 3.05) is 0 Å². The molecule has 4 heteroatoms. The predicted molar refractivity (Wildman–Crippen MR) is 281 cm³/mol. The van der Waals surface area contributed by atoms with E-state index in [2.05, 4.69) is 215 Å². The van der Waals surface area contributed by atoms with Crippen molar-refractivity contribution in [1.82, 2.24) is 9.13 Å². The van der Waals surface area contributed by atoms with E-state index in [4.69, 9.17) is 0 Å². The molecule has 13 aromatic rings. The molecule has 0 saturated carbocycles. The van der Waals surface area contributed by atoms with Gasteiger partial charge in [0.05, 0.1) is 45.3 Å². The van der Waals surface area contributed by atoms with E-state index in [0.29, 0.717) is 11.1 Å². The summed E-state index contributed by atoms with van der Waals surface area (Å²) in [5, 5.41) is 28.9. The van der Waals surface area contributed by atoms with E-state index in [1.807, 2.05) is 36.4 Å². The summed E-state index contributed by atoms with van der Waals surface area (Å²) in [6.07, 6.45) is 0. The number of nitrogens with zero attached hydrogens (tertiary/aromatic N) is 4. The minimum absolute atomic E-state index is 0.641. The van der Waals surface area contributed by atoms with Gasteiger partial charge in [-0.05, 0) is 163 Å². The molecule has 0 fully saturated rings. The number of nitriles is 2. The fourth-order valence-corrected chi connectivity index (χ4v) is 10.7. The molecule has 11 aromatic carbocycles. The molecule has 0 aliphatic heterocycles. The molecule has 0 atom stereocenters. The van der Waals surface area contributed by atoms with Crippen LogP contribution in [-0.2, 0) is 0 Å². The second kappa shape index (κ2) is 15.6. The van der Waals surface area contributed by atoms with Gasteiger partial charge >= 0.3 is 0 Å². The van der Waals surface area contributed by atoms with Gasteiger partial charge in [0.1, 0.15) is 0 Å². The first-order valence-electron chi connectivity index (χ1n) is 22.9. The normalized spacial score (nSPS) is 11.5. The Morgan fingerprint density at radius 3 is 0.926 bits per heavy atom. The van der Waals surface area contributed by atoms with E-state index in [1.54, 1.807) is 0 Å². The first kappa shape index (κ1) is 38.9. The number of benzene rings is 11. The fourth-order valence-electron chi connectivity index (χ4n) is 10.7. The Morgan fingerprint density at radius 1 is 0.250 bits per heavy atom. The van der Waals surface area contributed by atoms with E-state index >= 15 is 0 Å².